The van der Waals surface area contributed by atoms with Crippen LogP contribution in [-0.2, 0) is 6.54 Å². The fraction of sp³-hybridized carbons (Fsp3) is 0.571. The maximum Gasteiger partial charge on any atom is 0.133 e. The second-order valence-corrected chi connectivity index (χ2v) is 5.18. The van der Waals surface area contributed by atoms with Gasteiger partial charge in [0.05, 0.1) is 18.2 Å². The van der Waals surface area contributed by atoms with Crippen molar-refractivity contribution in [1.29, 1.82) is 0 Å². The predicted octanol–water partition coefficient (Wildman–Crippen LogP) is 3.02. The Labute approximate surface area is 114 Å². The van der Waals surface area contributed by atoms with Crippen LogP contribution in [0.5, 0.6) is 0 Å². The molecule has 0 spiro atoms. The first-order valence-electron chi connectivity index (χ1n) is 6.91. The van der Waals surface area contributed by atoms with E-state index in [4.69, 9.17) is 5.73 Å². The van der Waals surface area contributed by atoms with Crippen LogP contribution in [0.4, 0.5) is 5.82 Å². The van der Waals surface area contributed by atoms with Gasteiger partial charge in [0.15, 0.2) is 0 Å². The molecule has 0 aromatic carbocycles. The number of nitrogen functional groups attached to an aromatic ring is 1. The lowest BCUT2D eigenvalue weighted by Crippen LogP contribution is -2.06. The van der Waals surface area contributed by atoms with Crippen LogP contribution in [0.15, 0.2) is 12.5 Å². The Balaban J connectivity index is 2.43. The maximum atomic E-state index is 6.26. The normalized spacial score (nSPS) is 11.4. The molecule has 0 fully saturated rings. The molecule has 0 saturated heterocycles. The molecule has 2 aromatic rings. The molecule has 0 unspecified atom stereocenters. The summed E-state index contributed by atoms with van der Waals surface area (Å²) in [5.74, 6) is 1.71. The molecule has 0 bridgehead atoms. The first-order valence-corrected chi connectivity index (χ1v) is 6.91. The Kier molecular flexibility index (Phi) is 3.93. The SMILES string of the molecule is CCCCn1c(C)nc(-c2cncn2C(C)C)c1N. The van der Waals surface area contributed by atoms with Gasteiger partial charge in [0.1, 0.15) is 17.3 Å². The number of anilines is 1. The van der Waals surface area contributed by atoms with Crippen LogP contribution >= 0.6 is 0 Å². The van der Waals surface area contributed by atoms with Crippen molar-refractivity contribution in [3.63, 3.8) is 0 Å². The van der Waals surface area contributed by atoms with E-state index in [0.717, 1.165) is 42.4 Å². The highest BCUT2D eigenvalue weighted by atomic mass is 15.2. The van der Waals surface area contributed by atoms with Crippen LogP contribution in [0.1, 0.15) is 45.5 Å². The average molecular weight is 261 g/mol. The third-order valence-electron chi connectivity index (χ3n) is 3.40. The lowest BCUT2D eigenvalue weighted by molar-refractivity contribution is 0.604. The molecule has 0 aliphatic heterocycles. The molecule has 0 saturated carbocycles. The first-order chi connectivity index (χ1) is 9.06. The minimum absolute atomic E-state index is 0.345. The molecule has 0 radical (unpaired) electrons. The monoisotopic (exact) mass is 261 g/mol. The maximum absolute atomic E-state index is 6.26. The summed E-state index contributed by atoms with van der Waals surface area (Å²) in [4.78, 5) is 8.85. The van der Waals surface area contributed by atoms with Gasteiger partial charge in [-0.1, -0.05) is 13.3 Å². The van der Waals surface area contributed by atoms with Gasteiger partial charge in [0, 0.05) is 12.6 Å². The quantitative estimate of drug-likeness (QED) is 0.900. The van der Waals surface area contributed by atoms with Crippen molar-refractivity contribution in [2.24, 2.45) is 0 Å². The van der Waals surface area contributed by atoms with Crippen molar-refractivity contribution in [3.8, 4) is 11.4 Å². The fourth-order valence-electron chi connectivity index (χ4n) is 2.27. The molecule has 0 aliphatic carbocycles. The number of aromatic nitrogens is 4. The van der Waals surface area contributed by atoms with E-state index in [1.807, 2.05) is 19.4 Å². The summed E-state index contributed by atoms with van der Waals surface area (Å²) in [5.41, 5.74) is 8.10. The van der Waals surface area contributed by atoms with Gasteiger partial charge >= 0.3 is 0 Å². The van der Waals surface area contributed by atoms with Crippen LogP contribution in [0, 0.1) is 6.92 Å². The molecule has 2 N–H and O–H groups in total. The average Bonchev–Trinajstić information content (AvgIpc) is 2.93. The van der Waals surface area contributed by atoms with Crippen molar-refractivity contribution >= 4 is 5.82 Å². The highest BCUT2D eigenvalue weighted by molar-refractivity contribution is 5.68. The number of aryl methyl sites for hydroxylation is 1. The third kappa shape index (κ3) is 2.50. The minimum Gasteiger partial charge on any atom is -0.383 e. The smallest absolute Gasteiger partial charge is 0.133 e. The van der Waals surface area contributed by atoms with E-state index in [2.05, 4.69) is 39.9 Å². The molecular weight excluding hydrogens is 238 g/mol. The van der Waals surface area contributed by atoms with E-state index in [1.54, 1.807) is 0 Å². The molecule has 0 atom stereocenters. The van der Waals surface area contributed by atoms with E-state index in [1.165, 1.54) is 0 Å². The molecule has 104 valence electrons. The van der Waals surface area contributed by atoms with Gasteiger partial charge in [-0.3, -0.25) is 0 Å². The van der Waals surface area contributed by atoms with Crippen LogP contribution in [0.3, 0.4) is 0 Å². The fourth-order valence-corrected chi connectivity index (χ4v) is 2.27. The van der Waals surface area contributed by atoms with Crippen molar-refractivity contribution in [3.05, 3.63) is 18.3 Å². The number of hydrogen-bond acceptors (Lipinski definition) is 3. The van der Waals surface area contributed by atoms with Crippen LogP contribution in [0.25, 0.3) is 11.4 Å². The van der Waals surface area contributed by atoms with Gasteiger partial charge in [-0.15, -0.1) is 0 Å². The van der Waals surface area contributed by atoms with Crippen LogP contribution in [0.2, 0.25) is 0 Å². The van der Waals surface area contributed by atoms with Crippen molar-refractivity contribution in [2.45, 2.75) is 53.1 Å². The molecule has 19 heavy (non-hydrogen) atoms. The first kappa shape index (κ1) is 13.6. The molecule has 2 rings (SSSR count). The van der Waals surface area contributed by atoms with E-state index >= 15 is 0 Å². The number of rotatable bonds is 5. The summed E-state index contributed by atoms with van der Waals surface area (Å²) < 4.78 is 4.19. The molecule has 2 aromatic heterocycles. The number of hydrogen-bond donors (Lipinski definition) is 1. The Bertz CT molecular complexity index is 550. The Morgan fingerprint density at radius 2 is 2.11 bits per heavy atom. The van der Waals surface area contributed by atoms with Gasteiger partial charge in [0.2, 0.25) is 0 Å². The zero-order valence-electron chi connectivity index (χ0n) is 12.2. The van der Waals surface area contributed by atoms with Crippen molar-refractivity contribution < 1.29 is 0 Å². The summed E-state index contributed by atoms with van der Waals surface area (Å²) in [6.07, 6.45) is 5.93. The minimum atomic E-state index is 0.345. The van der Waals surface area contributed by atoms with Crippen molar-refractivity contribution in [1.82, 2.24) is 19.1 Å². The Morgan fingerprint density at radius 3 is 2.74 bits per heavy atom. The second-order valence-electron chi connectivity index (χ2n) is 5.18. The third-order valence-corrected chi connectivity index (χ3v) is 3.40. The highest BCUT2D eigenvalue weighted by Gasteiger charge is 2.17. The van der Waals surface area contributed by atoms with Gasteiger partial charge in [0.25, 0.3) is 0 Å². The summed E-state index contributed by atoms with van der Waals surface area (Å²) in [7, 11) is 0. The number of unbranched alkanes of at least 4 members (excludes halogenated alkanes) is 1. The van der Waals surface area contributed by atoms with Crippen LogP contribution in [-0.4, -0.2) is 19.1 Å². The van der Waals surface area contributed by atoms with Gasteiger partial charge in [-0.2, -0.15) is 0 Å². The molecule has 0 amide bonds. The molecule has 2 heterocycles. The zero-order chi connectivity index (χ0) is 14.0. The van der Waals surface area contributed by atoms with E-state index < -0.39 is 0 Å². The Hall–Kier alpha value is -1.78. The Morgan fingerprint density at radius 1 is 1.37 bits per heavy atom. The highest BCUT2D eigenvalue weighted by Crippen LogP contribution is 2.28. The summed E-state index contributed by atoms with van der Waals surface area (Å²) in [5, 5.41) is 0. The molecule has 5 heteroatoms. The number of nitrogens with two attached hydrogens (primary N) is 1. The zero-order valence-corrected chi connectivity index (χ0v) is 12.2. The lowest BCUT2D eigenvalue weighted by atomic mass is 10.3. The van der Waals surface area contributed by atoms with Gasteiger partial charge in [-0.25, -0.2) is 9.97 Å². The van der Waals surface area contributed by atoms with Gasteiger partial charge < -0.3 is 14.9 Å². The topological polar surface area (TPSA) is 61.7 Å². The summed E-state index contributed by atoms with van der Waals surface area (Å²) >= 11 is 0. The molecule has 0 aliphatic rings. The molecule has 5 nitrogen and oxygen atoms in total. The van der Waals surface area contributed by atoms with E-state index in [0.29, 0.717) is 6.04 Å². The van der Waals surface area contributed by atoms with E-state index in [-0.39, 0.29) is 0 Å². The summed E-state index contributed by atoms with van der Waals surface area (Å²) in [6.45, 7) is 9.37. The summed E-state index contributed by atoms with van der Waals surface area (Å²) in [6, 6.07) is 0.345. The lowest BCUT2D eigenvalue weighted by Gasteiger charge is -2.11. The number of nitrogens with zero attached hydrogens (tertiary/aromatic N) is 4. The molecular formula is C14H23N5. The van der Waals surface area contributed by atoms with Crippen molar-refractivity contribution in [2.75, 3.05) is 5.73 Å². The van der Waals surface area contributed by atoms with Crippen LogP contribution < -0.4 is 5.73 Å². The second kappa shape index (κ2) is 5.47. The van der Waals surface area contributed by atoms with Gasteiger partial charge in [-0.05, 0) is 27.2 Å². The van der Waals surface area contributed by atoms with E-state index in [9.17, 15) is 0 Å². The number of imidazole rings is 2. The predicted molar refractivity (Wildman–Crippen MR) is 77.9 cm³/mol. The standard InChI is InChI=1S/C14H23N5/c1-5-6-7-18-11(4)17-13(14(18)15)12-8-16-9-19(12)10(2)3/h8-10H,5-7,15H2,1-4H3. The largest absolute Gasteiger partial charge is 0.383 e.